The predicted octanol–water partition coefficient (Wildman–Crippen LogP) is 1.14. The Kier molecular flexibility index (Phi) is 7.73. The smallest absolute Gasteiger partial charge is 0.271 e. The van der Waals surface area contributed by atoms with E-state index >= 15 is 0 Å². The summed E-state index contributed by atoms with van der Waals surface area (Å²) in [5, 5.41) is 12.9. The summed E-state index contributed by atoms with van der Waals surface area (Å²) in [5.41, 5.74) is 0.188. The summed E-state index contributed by atoms with van der Waals surface area (Å²) in [6.45, 7) is -0.0805. The van der Waals surface area contributed by atoms with Crippen LogP contribution in [0.25, 0.3) is 0 Å². The molecular weight excluding hydrogens is 432 g/mol. The molecule has 0 spiro atoms. The first-order chi connectivity index (χ1) is 14.4. The minimum Gasteiger partial charge on any atom is -0.394 e. The van der Waals surface area contributed by atoms with Crippen molar-refractivity contribution in [3.05, 3.63) is 53.6 Å². The molecule has 30 heavy (non-hydrogen) atoms. The van der Waals surface area contributed by atoms with E-state index in [1.807, 2.05) is 0 Å². The number of nitrogens with zero attached hydrogens (tertiary/aromatic N) is 2. The number of rotatable bonds is 8. The van der Waals surface area contributed by atoms with Crippen LogP contribution in [0.2, 0.25) is 5.02 Å². The number of benzene rings is 1. The Morgan fingerprint density at radius 1 is 1.23 bits per heavy atom. The monoisotopic (exact) mass is 454 g/mol. The maximum absolute atomic E-state index is 12.3. The van der Waals surface area contributed by atoms with E-state index in [9.17, 15) is 18.3 Å². The number of nitrogens with one attached hydrogen (secondary N) is 2. The Morgan fingerprint density at radius 3 is 2.67 bits per heavy atom. The second-order valence-corrected chi connectivity index (χ2v) is 9.07. The van der Waals surface area contributed by atoms with Gasteiger partial charge in [-0.3, -0.25) is 9.78 Å². The third-order valence-corrected chi connectivity index (χ3v) is 6.52. The first-order valence-corrected chi connectivity index (χ1v) is 11.3. The number of aliphatic hydroxyl groups excluding tert-OH is 1. The SMILES string of the molecule is O=C(N[C@H]1CC[C@@H](CCNS(=O)(=O)c2ccc(Cl)cc2)O[C@H]1CO)c1cnccn1. The van der Waals surface area contributed by atoms with E-state index in [0.29, 0.717) is 24.3 Å². The minimum atomic E-state index is -3.64. The lowest BCUT2D eigenvalue weighted by Gasteiger charge is -2.36. The van der Waals surface area contributed by atoms with Crippen LogP contribution in [0, 0.1) is 0 Å². The van der Waals surface area contributed by atoms with E-state index in [4.69, 9.17) is 16.3 Å². The van der Waals surface area contributed by atoms with Gasteiger partial charge in [0.2, 0.25) is 10.0 Å². The number of aromatic nitrogens is 2. The average molecular weight is 455 g/mol. The number of ether oxygens (including phenoxy) is 1. The lowest BCUT2D eigenvalue weighted by Crippen LogP contribution is -2.51. The van der Waals surface area contributed by atoms with Gasteiger partial charge in [0.15, 0.2) is 0 Å². The van der Waals surface area contributed by atoms with Crippen molar-refractivity contribution in [1.29, 1.82) is 0 Å². The standard InChI is InChI=1S/C19H23ClN4O5S/c20-13-1-4-15(5-2-13)30(27,28)23-8-7-14-3-6-16(18(12-25)29-14)24-19(26)17-11-21-9-10-22-17/h1-2,4-5,9-11,14,16,18,23,25H,3,6-8,12H2,(H,24,26)/t14-,16-,18-/m0/s1. The van der Waals surface area contributed by atoms with E-state index < -0.39 is 16.1 Å². The number of carbonyl (C=O) groups excluding carboxylic acids is 1. The van der Waals surface area contributed by atoms with Gasteiger partial charge in [-0.25, -0.2) is 18.1 Å². The van der Waals surface area contributed by atoms with Crippen LogP contribution in [-0.4, -0.2) is 60.8 Å². The number of sulfonamides is 1. The molecule has 3 rings (SSSR count). The quantitative estimate of drug-likeness (QED) is 0.545. The van der Waals surface area contributed by atoms with E-state index in [1.54, 1.807) is 0 Å². The molecule has 1 aromatic heterocycles. The van der Waals surface area contributed by atoms with E-state index in [1.165, 1.54) is 42.9 Å². The zero-order chi connectivity index (χ0) is 21.6. The normalized spacial score (nSPS) is 21.9. The van der Waals surface area contributed by atoms with Gasteiger partial charge in [0.1, 0.15) is 11.8 Å². The number of amides is 1. The molecule has 1 aromatic carbocycles. The summed E-state index contributed by atoms with van der Waals surface area (Å²) in [6, 6.07) is 5.54. The Balaban J connectivity index is 1.49. The molecule has 3 N–H and O–H groups in total. The molecule has 11 heteroatoms. The Morgan fingerprint density at radius 2 is 2.00 bits per heavy atom. The van der Waals surface area contributed by atoms with Crippen molar-refractivity contribution in [2.75, 3.05) is 13.2 Å². The summed E-state index contributed by atoms with van der Waals surface area (Å²) in [5.74, 6) is -0.385. The van der Waals surface area contributed by atoms with E-state index in [-0.39, 0.29) is 41.8 Å². The topological polar surface area (TPSA) is 131 Å². The van der Waals surface area contributed by atoms with Crippen LogP contribution in [0.1, 0.15) is 29.8 Å². The summed E-state index contributed by atoms with van der Waals surface area (Å²) < 4.78 is 33.1. The highest BCUT2D eigenvalue weighted by molar-refractivity contribution is 7.89. The number of aliphatic hydroxyl groups is 1. The number of halogens is 1. The molecule has 9 nitrogen and oxygen atoms in total. The molecule has 0 unspecified atom stereocenters. The van der Waals surface area contributed by atoms with Gasteiger partial charge >= 0.3 is 0 Å². The van der Waals surface area contributed by atoms with Crippen LogP contribution in [0.3, 0.4) is 0 Å². The minimum absolute atomic E-state index is 0.136. The van der Waals surface area contributed by atoms with Crippen LogP contribution < -0.4 is 10.0 Å². The fourth-order valence-corrected chi connectivity index (χ4v) is 4.39. The Hall–Kier alpha value is -2.11. The molecule has 0 aliphatic carbocycles. The third-order valence-electron chi connectivity index (χ3n) is 4.79. The number of hydrogen-bond acceptors (Lipinski definition) is 7. The maximum atomic E-state index is 12.3. The molecule has 1 aliphatic rings. The molecule has 162 valence electrons. The molecule has 2 heterocycles. The number of hydrogen-bond donors (Lipinski definition) is 3. The average Bonchev–Trinajstić information content (AvgIpc) is 2.75. The highest BCUT2D eigenvalue weighted by Crippen LogP contribution is 2.22. The molecule has 2 aromatic rings. The van der Waals surface area contributed by atoms with Crippen LogP contribution in [-0.2, 0) is 14.8 Å². The van der Waals surface area contributed by atoms with Gasteiger partial charge in [-0.1, -0.05) is 11.6 Å². The highest BCUT2D eigenvalue weighted by atomic mass is 35.5. The second-order valence-electron chi connectivity index (χ2n) is 6.87. The van der Waals surface area contributed by atoms with Gasteiger partial charge in [-0.15, -0.1) is 0 Å². The van der Waals surface area contributed by atoms with Crippen molar-refractivity contribution in [1.82, 2.24) is 20.0 Å². The van der Waals surface area contributed by atoms with Crippen LogP contribution >= 0.6 is 11.6 Å². The van der Waals surface area contributed by atoms with E-state index in [0.717, 1.165) is 0 Å². The van der Waals surface area contributed by atoms with Crippen molar-refractivity contribution in [2.45, 2.75) is 42.4 Å². The van der Waals surface area contributed by atoms with Gasteiger partial charge in [-0.05, 0) is 43.5 Å². The van der Waals surface area contributed by atoms with Crippen molar-refractivity contribution >= 4 is 27.5 Å². The van der Waals surface area contributed by atoms with Gasteiger partial charge in [-0.2, -0.15) is 0 Å². The Labute approximate surface area is 179 Å². The fourth-order valence-electron chi connectivity index (χ4n) is 3.22. The molecule has 1 amide bonds. The lowest BCUT2D eigenvalue weighted by molar-refractivity contribution is -0.0891. The molecule has 0 bridgehead atoms. The molecule has 1 aliphatic heterocycles. The van der Waals surface area contributed by atoms with Crippen molar-refractivity contribution < 1.29 is 23.1 Å². The molecular formula is C19H23ClN4O5S. The molecule has 0 radical (unpaired) electrons. The first-order valence-electron chi connectivity index (χ1n) is 9.47. The lowest BCUT2D eigenvalue weighted by atomic mass is 9.97. The maximum Gasteiger partial charge on any atom is 0.271 e. The highest BCUT2D eigenvalue weighted by Gasteiger charge is 2.32. The van der Waals surface area contributed by atoms with Crippen LogP contribution in [0.5, 0.6) is 0 Å². The fraction of sp³-hybridized carbons (Fsp3) is 0.421. The summed E-state index contributed by atoms with van der Waals surface area (Å²) >= 11 is 5.79. The van der Waals surface area contributed by atoms with Gasteiger partial charge in [0.05, 0.1) is 29.8 Å². The van der Waals surface area contributed by atoms with Crippen LogP contribution in [0.4, 0.5) is 0 Å². The Bertz CT molecular complexity index is 943. The molecule has 0 saturated carbocycles. The summed E-state index contributed by atoms with van der Waals surface area (Å²) in [4.78, 5) is 20.2. The second kappa shape index (κ2) is 10.3. The number of carbonyl (C=O) groups is 1. The summed E-state index contributed by atoms with van der Waals surface area (Å²) in [7, 11) is -3.64. The zero-order valence-electron chi connectivity index (χ0n) is 16.1. The van der Waals surface area contributed by atoms with Gasteiger partial charge in [0, 0.05) is 24.0 Å². The third kappa shape index (κ3) is 5.96. The van der Waals surface area contributed by atoms with E-state index in [2.05, 4.69) is 20.0 Å². The van der Waals surface area contributed by atoms with Gasteiger partial charge < -0.3 is 15.2 Å². The van der Waals surface area contributed by atoms with Crippen molar-refractivity contribution in [3.8, 4) is 0 Å². The van der Waals surface area contributed by atoms with Crippen molar-refractivity contribution in [2.24, 2.45) is 0 Å². The molecule has 3 atom stereocenters. The molecule has 1 fully saturated rings. The zero-order valence-corrected chi connectivity index (χ0v) is 17.6. The van der Waals surface area contributed by atoms with Gasteiger partial charge in [0.25, 0.3) is 5.91 Å². The van der Waals surface area contributed by atoms with Crippen LogP contribution in [0.15, 0.2) is 47.8 Å². The predicted molar refractivity (Wildman–Crippen MR) is 110 cm³/mol. The van der Waals surface area contributed by atoms with Crippen molar-refractivity contribution in [3.63, 3.8) is 0 Å². The summed E-state index contributed by atoms with van der Waals surface area (Å²) in [6.07, 6.45) is 5.09. The first kappa shape index (κ1) is 22.6. The molecule has 1 saturated heterocycles. The largest absolute Gasteiger partial charge is 0.394 e.